The average Bonchev–Trinajstić information content (AvgIpc) is 2.92. The molecular weight excluding hydrogens is 406 g/mol. The van der Waals surface area contributed by atoms with Gasteiger partial charge in [-0.15, -0.1) is 0 Å². The van der Waals surface area contributed by atoms with Gasteiger partial charge in [-0.05, 0) is 22.0 Å². The molecule has 23 heavy (non-hydrogen) atoms. The summed E-state index contributed by atoms with van der Waals surface area (Å²) < 4.78 is 14.2. The first kappa shape index (κ1) is 15.9. The van der Waals surface area contributed by atoms with Crippen LogP contribution in [0.25, 0.3) is 0 Å². The van der Waals surface area contributed by atoms with Crippen LogP contribution >= 0.6 is 39.3 Å². The molecule has 2 fully saturated rings. The fourth-order valence-electron chi connectivity index (χ4n) is 2.80. The number of rotatable bonds is 3. The second-order valence-electron chi connectivity index (χ2n) is 5.42. The lowest BCUT2D eigenvalue weighted by molar-refractivity contribution is -0.266. The molecule has 0 amide bonds. The minimum absolute atomic E-state index is 0.0454. The molecule has 9 heteroatoms. The number of pyridine rings is 1. The van der Waals surface area contributed by atoms with E-state index in [1.807, 2.05) is 6.20 Å². The molecule has 0 bridgehead atoms. The predicted octanol–water partition coefficient (Wildman–Crippen LogP) is 2.51. The monoisotopic (exact) mass is 417 g/mol. The van der Waals surface area contributed by atoms with Crippen molar-refractivity contribution in [2.45, 2.75) is 34.7 Å². The van der Waals surface area contributed by atoms with Crippen molar-refractivity contribution in [3.63, 3.8) is 0 Å². The second kappa shape index (κ2) is 6.34. The Hall–Kier alpha value is -0.640. The fraction of sp³-hybridized carbons (Fsp3) is 0.429. The van der Waals surface area contributed by atoms with Gasteiger partial charge in [0.1, 0.15) is 29.8 Å². The normalized spacial score (nSPS) is 33.1. The second-order valence-corrected chi connectivity index (χ2v) is 7.94. The van der Waals surface area contributed by atoms with Crippen LogP contribution in [0, 0.1) is 0 Å². The van der Waals surface area contributed by atoms with E-state index in [1.54, 1.807) is 29.3 Å². The Morgan fingerprint density at radius 1 is 1.39 bits per heavy atom. The molecular formula is C14H13BrClN3O3S. The Labute approximate surface area is 150 Å². The van der Waals surface area contributed by atoms with E-state index >= 15 is 0 Å². The van der Waals surface area contributed by atoms with Gasteiger partial charge in [0.2, 0.25) is 0 Å². The molecule has 2 aromatic rings. The molecule has 0 aliphatic carbocycles. The van der Waals surface area contributed by atoms with E-state index in [4.69, 9.17) is 21.1 Å². The fourth-order valence-corrected chi connectivity index (χ4v) is 4.43. The molecule has 0 aromatic carbocycles. The molecule has 5 unspecified atom stereocenters. The van der Waals surface area contributed by atoms with Crippen LogP contribution in [0.1, 0.15) is 6.04 Å². The number of ether oxygens (including phenoxy) is 2. The summed E-state index contributed by atoms with van der Waals surface area (Å²) in [5.41, 5.74) is -0.437. The molecule has 4 heterocycles. The van der Waals surface area contributed by atoms with E-state index in [1.165, 1.54) is 11.8 Å². The summed E-state index contributed by atoms with van der Waals surface area (Å²) >= 11 is 10.8. The van der Waals surface area contributed by atoms with Crippen LogP contribution in [-0.2, 0) is 9.47 Å². The van der Waals surface area contributed by atoms with Crippen LogP contribution in [0.15, 0.2) is 40.2 Å². The van der Waals surface area contributed by atoms with E-state index in [-0.39, 0.29) is 18.2 Å². The number of halogens is 2. The average molecular weight is 419 g/mol. The van der Waals surface area contributed by atoms with E-state index in [0.717, 1.165) is 9.37 Å². The quantitative estimate of drug-likeness (QED) is 0.826. The van der Waals surface area contributed by atoms with Crippen molar-refractivity contribution >= 4 is 39.3 Å². The van der Waals surface area contributed by atoms with Gasteiger partial charge in [0, 0.05) is 23.5 Å². The Morgan fingerprint density at radius 3 is 2.91 bits per heavy atom. The van der Waals surface area contributed by atoms with Crippen LogP contribution in [0.3, 0.4) is 0 Å². The van der Waals surface area contributed by atoms with E-state index in [0.29, 0.717) is 11.6 Å². The van der Waals surface area contributed by atoms with Crippen LogP contribution in [0.2, 0.25) is 5.02 Å². The number of hydrogen-bond acceptors (Lipinski definition) is 6. The first-order valence-corrected chi connectivity index (χ1v) is 9.09. The van der Waals surface area contributed by atoms with Gasteiger partial charge in [0.25, 0.3) is 0 Å². The zero-order valence-corrected chi connectivity index (χ0v) is 14.9. The van der Waals surface area contributed by atoms with Crippen LogP contribution in [0.5, 0.6) is 0 Å². The predicted molar refractivity (Wildman–Crippen MR) is 88.5 cm³/mol. The largest absolute Gasteiger partial charge is 0.387 e. The van der Waals surface area contributed by atoms with Crippen molar-refractivity contribution in [2.24, 2.45) is 0 Å². The van der Waals surface area contributed by atoms with Crippen LogP contribution < -0.4 is 0 Å². The Morgan fingerprint density at radius 2 is 2.26 bits per heavy atom. The smallest absolute Gasteiger partial charge is 0.136 e. The maximum Gasteiger partial charge on any atom is 0.136 e. The lowest BCUT2D eigenvalue weighted by atomic mass is 9.93. The lowest BCUT2D eigenvalue weighted by Gasteiger charge is -2.49. The first-order chi connectivity index (χ1) is 11.1. The molecule has 4 rings (SSSR count). The van der Waals surface area contributed by atoms with E-state index < -0.39 is 11.5 Å². The third-order valence-electron chi connectivity index (χ3n) is 3.90. The first-order valence-electron chi connectivity index (χ1n) is 7.04. The molecule has 1 N–H and O–H groups in total. The third-order valence-corrected chi connectivity index (χ3v) is 5.64. The summed E-state index contributed by atoms with van der Waals surface area (Å²) in [6.07, 6.45) is 5.80. The SMILES string of the molecule is OC1C(Sc2cncc(Cl)c2)OC2COC2C1n1cc(Br)cn1. The highest BCUT2D eigenvalue weighted by molar-refractivity contribution is 9.10. The van der Waals surface area contributed by atoms with E-state index in [9.17, 15) is 5.11 Å². The maximum atomic E-state index is 10.8. The van der Waals surface area contributed by atoms with Crippen molar-refractivity contribution in [3.05, 3.63) is 40.3 Å². The van der Waals surface area contributed by atoms with Gasteiger partial charge < -0.3 is 14.6 Å². The number of fused-ring (bicyclic) bond motifs is 1. The Kier molecular flexibility index (Phi) is 4.38. The van der Waals surface area contributed by atoms with Crippen LogP contribution in [0.4, 0.5) is 0 Å². The van der Waals surface area contributed by atoms with Crippen molar-refractivity contribution in [1.29, 1.82) is 0 Å². The summed E-state index contributed by atoms with van der Waals surface area (Å²) in [5.74, 6) is 0. The lowest BCUT2D eigenvalue weighted by Crippen LogP contribution is -2.62. The van der Waals surface area contributed by atoms with Gasteiger partial charge in [-0.1, -0.05) is 23.4 Å². The zero-order valence-electron chi connectivity index (χ0n) is 11.8. The third kappa shape index (κ3) is 3.04. The minimum atomic E-state index is -0.771. The standard InChI is InChI=1S/C14H13BrClN3O3S/c15-7-2-18-19(5-7)11-12(20)14(22-10-6-21-13(10)11)23-9-1-8(16)3-17-4-9/h1-5,10-14,20H,6H2. The Balaban J connectivity index is 1.58. The minimum Gasteiger partial charge on any atom is -0.387 e. The number of aliphatic hydroxyl groups excluding tert-OH is 1. The summed E-state index contributed by atoms with van der Waals surface area (Å²) in [7, 11) is 0. The molecule has 0 saturated carbocycles. The summed E-state index contributed by atoms with van der Waals surface area (Å²) in [6.45, 7) is 0.529. The van der Waals surface area contributed by atoms with E-state index in [2.05, 4.69) is 26.0 Å². The van der Waals surface area contributed by atoms with Crippen molar-refractivity contribution < 1.29 is 14.6 Å². The molecule has 6 nitrogen and oxygen atoms in total. The van der Waals surface area contributed by atoms with Gasteiger partial charge in [-0.25, -0.2) is 0 Å². The molecule has 2 aliphatic heterocycles. The van der Waals surface area contributed by atoms with Crippen molar-refractivity contribution in [3.8, 4) is 0 Å². The highest BCUT2D eigenvalue weighted by Gasteiger charge is 2.52. The molecule has 0 spiro atoms. The highest BCUT2D eigenvalue weighted by Crippen LogP contribution is 2.42. The van der Waals surface area contributed by atoms with Crippen LogP contribution in [-0.4, -0.2) is 50.2 Å². The van der Waals surface area contributed by atoms with Crippen molar-refractivity contribution in [1.82, 2.24) is 14.8 Å². The highest BCUT2D eigenvalue weighted by atomic mass is 79.9. The molecule has 2 aliphatic rings. The van der Waals surface area contributed by atoms with Gasteiger partial charge >= 0.3 is 0 Å². The molecule has 2 saturated heterocycles. The van der Waals surface area contributed by atoms with Gasteiger partial charge in [0.05, 0.1) is 22.3 Å². The zero-order chi connectivity index (χ0) is 16.0. The van der Waals surface area contributed by atoms with Gasteiger partial charge in [-0.3, -0.25) is 9.67 Å². The molecule has 0 radical (unpaired) electrons. The number of thioether (sulfide) groups is 1. The topological polar surface area (TPSA) is 69.4 Å². The summed E-state index contributed by atoms with van der Waals surface area (Å²) in [5, 5.41) is 15.6. The number of hydrogen-bond donors (Lipinski definition) is 1. The summed E-state index contributed by atoms with van der Waals surface area (Å²) in [6, 6.07) is 1.51. The van der Waals surface area contributed by atoms with Gasteiger partial charge in [-0.2, -0.15) is 5.10 Å². The molecule has 122 valence electrons. The molecule has 2 aromatic heterocycles. The van der Waals surface area contributed by atoms with Crippen molar-refractivity contribution in [2.75, 3.05) is 6.61 Å². The number of aliphatic hydroxyl groups is 1. The molecule has 5 atom stereocenters. The Bertz CT molecular complexity index is 718. The maximum absolute atomic E-state index is 10.8. The number of aromatic nitrogens is 3. The van der Waals surface area contributed by atoms with Gasteiger partial charge in [0.15, 0.2) is 0 Å². The number of nitrogens with zero attached hydrogens (tertiary/aromatic N) is 3. The summed E-state index contributed by atoms with van der Waals surface area (Å²) in [4.78, 5) is 4.91.